The topological polar surface area (TPSA) is 77.4 Å². The summed E-state index contributed by atoms with van der Waals surface area (Å²) in [5.74, 6) is 0.724. The molecule has 0 aliphatic rings. The van der Waals surface area contributed by atoms with Crippen molar-refractivity contribution in [2.24, 2.45) is 0 Å². The molecule has 0 spiro atoms. The van der Waals surface area contributed by atoms with Crippen molar-refractivity contribution >= 4 is 17.3 Å². The lowest BCUT2D eigenvalue weighted by Gasteiger charge is -2.09. The van der Waals surface area contributed by atoms with Gasteiger partial charge >= 0.3 is 0 Å². The Balaban J connectivity index is 1.79. The predicted molar refractivity (Wildman–Crippen MR) is 85.3 cm³/mol. The molecule has 0 aliphatic heterocycles. The zero-order valence-electron chi connectivity index (χ0n) is 11.5. The van der Waals surface area contributed by atoms with E-state index in [1.54, 1.807) is 18.2 Å². The summed E-state index contributed by atoms with van der Waals surface area (Å²) in [5, 5.41) is 19.6. The summed E-state index contributed by atoms with van der Waals surface area (Å²) in [5.41, 5.74) is 3.32. The fourth-order valence-corrected chi connectivity index (χ4v) is 2.30. The quantitative estimate of drug-likeness (QED) is 0.771. The Morgan fingerprint density at radius 1 is 1.23 bits per heavy atom. The molecule has 0 radical (unpaired) electrons. The zero-order chi connectivity index (χ0) is 15.4. The van der Waals surface area contributed by atoms with Crippen molar-refractivity contribution in [2.75, 3.05) is 5.32 Å². The highest BCUT2D eigenvalue weighted by Crippen LogP contribution is 2.22. The maximum absolute atomic E-state index is 9.12. The number of H-pyrrole nitrogens is 1. The van der Waals surface area contributed by atoms with E-state index in [1.165, 1.54) is 6.33 Å². The maximum atomic E-state index is 9.12. The zero-order valence-corrected chi connectivity index (χ0v) is 12.3. The average Bonchev–Trinajstić information content (AvgIpc) is 3.08. The van der Waals surface area contributed by atoms with Gasteiger partial charge in [0.15, 0.2) is 5.82 Å². The van der Waals surface area contributed by atoms with Gasteiger partial charge in [-0.2, -0.15) is 10.4 Å². The van der Waals surface area contributed by atoms with Gasteiger partial charge in [0.05, 0.1) is 11.3 Å². The van der Waals surface area contributed by atoms with Crippen LogP contribution >= 0.6 is 11.6 Å². The van der Waals surface area contributed by atoms with Crippen LogP contribution in [0.4, 0.5) is 5.69 Å². The molecule has 0 amide bonds. The van der Waals surface area contributed by atoms with Gasteiger partial charge in [0, 0.05) is 17.1 Å². The van der Waals surface area contributed by atoms with Crippen LogP contribution in [0.2, 0.25) is 5.02 Å². The number of rotatable bonds is 4. The minimum Gasteiger partial charge on any atom is -0.380 e. The monoisotopic (exact) mass is 309 g/mol. The van der Waals surface area contributed by atoms with E-state index in [2.05, 4.69) is 26.6 Å². The Kier molecular flexibility index (Phi) is 4.03. The Labute approximate surface area is 132 Å². The second kappa shape index (κ2) is 6.29. The predicted octanol–water partition coefficient (Wildman–Crippen LogP) is 3.61. The molecule has 1 heterocycles. The highest BCUT2D eigenvalue weighted by molar-refractivity contribution is 6.30. The van der Waals surface area contributed by atoms with Crippen LogP contribution in [0.25, 0.3) is 11.4 Å². The highest BCUT2D eigenvalue weighted by Gasteiger charge is 2.05. The minimum atomic E-state index is 0.566. The first-order valence-electron chi connectivity index (χ1n) is 6.64. The molecule has 6 heteroatoms. The number of halogens is 1. The average molecular weight is 310 g/mol. The molecule has 0 aliphatic carbocycles. The number of aromatic amines is 1. The normalized spacial score (nSPS) is 10.2. The van der Waals surface area contributed by atoms with Gasteiger partial charge in [0.25, 0.3) is 0 Å². The first-order valence-corrected chi connectivity index (χ1v) is 7.02. The molecule has 108 valence electrons. The van der Waals surface area contributed by atoms with Crippen molar-refractivity contribution < 1.29 is 0 Å². The van der Waals surface area contributed by atoms with Gasteiger partial charge in [-0.05, 0) is 29.8 Å². The Bertz CT molecular complexity index is 821. The summed E-state index contributed by atoms with van der Waals surface area (Å²) < 4.78 is 0. The number of aromatic nitrogens is 3. The van der Waals surface area contributed by atoms with Gasteiger partial charge in [0.2, 0.25) is 0 Å². The van der Waals surface area contributed by atoms with E-state index in [0.29, 0.717) is 17.1 Å². The van der Waals surface area contributed by atoms with Crippen LogP contribution in [-0.2, 0) is 6.54 Å². The van der Waals surface area contributed by atoms with E-state index in [4.69, 9.17) is 16.9 Å². The van der Waals surface area contributed by atoms with Crippen LogP contribution in [0.5, 0.6) is 0 Å². The van der Waals surface area contributed by atoms with E-state index >= 15 is 0 Å². The summed E-state index contributed by atoms with van der Waals surface area (Å²) in [7, 11) is 0. The number of hydrogen-bond donors (Lipinski definition) is 2. The lowest BCUT2D eigenvalue weighted by atomic mass is 10.1. The van der Waals surface area contributed by atoms with Gasteiger partial charge in [-0.1, -0.05) is 29.8 Å². The van der Waals surface area contributed by atoms with Crippen LogP contribution < -0.4 is 5.32 Å². The summed E-state index contributed by atoms with van der Waals surface area (Å²) in [6, 6.07) is 15.2. The molecule has 0 saturated heterocycles. The highest BCUT2D eigenvalue weighted by atomic mass is 35.5. The Hall–Kier alpha value is -2.84. The van der Waals surface area contributed by atoms with Crippen molar-refractivity contribution in [3.05, 3.63) is 64.9 Å². The molecule has 2 N–H and O–H groups in total. The fraction of sp³-hybridized carbons (Fsp3) is 0.0625. The second-order valence-electron chi connectivity index (χ2n) is 4.69. The molecular weight excluding hydrogens is 298 g/mol. The van der Waals surface area contributed by atoms with Crippen molar-refractivity contribution in [3.8, 4) is 17.5 Å². The third-order valence-corrected chi connectivity index (χ3v) is 3.44. The van der Waals surface area contributed by atoms with Gasteiger partial charge in [-0.3, -0.25) is 5.10 Å². The van der Waals surface area contributed by atoms with E-state index < -0.39 is 0 Å². The number of nitrogens with one attached hydrogen (secondary N) is 2. The SMILES string of the molecule is N#Cc1ccc(Cl)cc1NCc1cccc(-c2ncn[nH]2)c1. The molecule has 2 aromatic carbocycles. The van der Waals surface area contributed by atoms with Crippen LogP contribution in [0.1, 0.15) is 11.1 Å². The number of nitrogens with zero attached hydrogens (tertiary/aromatic N) is 3. The summed E-state index contributed by atoms with van der Waals surface area (Å²) >= 11 is 5.98. The van der Waals surface area contributed by atoms with E-state index in [-0.39, 0.29) is 0 Å². The van der Waals surface area contributed by atoms with Crippen molar-refractivity contribution in [3.63, 3.8) is 0 Å². The molecule has 0 unspecified atom stereocenters. The minimum absolute atomic E-state index is 0.566. The van der Waals surface area contributed by atoms with Gasteiger partial charge < -0.3 is 5.32 Å². The van der Waals surface area contributed by atoms with Crippen LogP contribution in [0.3, 0.4) is 0 Å². The largest absolute Gasteiger partial charge is 0.380 e. The summed E-state index contributed by atoms with van der Waals surface area (Å²) in [4.78, 5) is 4.14. The van der Waals surface area contributed by atoms with Crippen LogP contribution in [0, 0.1) is 11.3 Å². The smallest absolute Gasteiger partial charge is 0.155 e. The molecule has 0 fully saturated rings. The van der Waals surface area contributed by atoms with E-state index in [9.17, 15) is 0 Å². The van der Waals surface area contributed by atoms with E-state index in [0.717, 1.165) is 22.6 Å². The first kappa shape index (κ1) is 14.1. The van der Waals surface area contributed by atoms with Crippen molar-refractivity contribution in [1.82, 2.24) is 15.2 Å². The van der Waals surface area contributed by atoms with Crippen LogP contribution in [-0.4, -0.2) is 15.2 Å². The summed E-state index contributed by atoms with van der Waals surface area (Å²) in [6.45, 7) is 0.580. The van der Waals surface area contributed by atoms with E-state index in [1.807, 2.05) is 24.3 Å². The third kappa shape index (κ3) is 3.08. The first-order chi connectivity index (χ1) is 10.8. The number of anilines is 1. The Morgan fingerprint density at radius 2 is 2.14 bits per heavy atom. The number of nitriles is 1. The molecule has 0 saturated carbocycles. The van der Waals surface area contributed by atoms with Gasteiger partial charge in [-0.25, -0.2) is 4.98 Å². The maximum Gasteiger partial charge on any atom is 0.155 e. The van der Waals surface area contributed by atoms with Crippen molar-refractivity contribution in [2.45, 2.75) is 6.54 Å². The molecular formula is C16H12ClN5. The fourth-order valence-electron chi connectivity index (χ4n) is 2.13. The third-order valence-electron chi connectivity index (χ3n) is 3.20. The Morgan fingerprint density at radius 3 is 2.91 bits per heavy atom. The standard InChI is InChI=1S/C16H12ClN5/c17-14-5-4-13(8-18)15(7-14)19-9-11-2-1-3-12(6-11)16-20-10-21-22-16/h1-7,10,19H,9H2,(H,20,21,22). The number of hydrogen-bond acceptors (Lipinski definition) is 4. The van der Waals surface area contributed by atoms with Gasteiger partial charge in [-0.15, -0.1) is 0 Å². The summed E-state index contributed by atoms with van der Waals surface area (Å²) in [6.07, 6.45) is 1.48. The van der Waals surface area contributed by atoms with Gasteiger partial charge in [0.1, 0.15) is 12.4 Å². The molecule has 1 aromatic heterocycles. The molecule has 3 aromatic rings. The molecule has 0 atom stereocenters. The molecule has 22 heavy (non-hydrogen) atoms. The molecule has 3 rings (SSSR count). The second-order valence-corrected chi connectivity index (χ2v) is 5.13. The van der Waals surface area contributed by atoms with Crippen LogP contribution in [0.15, 0.2) is 48.8 Å². The van der Waals surface area contributed by atoms with Crippen molar-refractivity contribution in [1.29, 1.82) is 5.26 Å². The molecule has 0 bridgehead atoms. The molecule has 5 nitrogen and oxygen atoms in total. The lowest BCUT2D eigenvalue weighted by Crippen LogP contribution is -2.01. The lowest BCUT2D eigenvalue weighted by molar-refractivity contribution is 1.09. The number of benzene rings is 2.